The number of esters is 1. The van der Waals surface area contributed by atoms with Gasteiger partial charge < -0.3 is 13.9 Å². The van der Waals surface area contributed by atoms with Gasteiger partial charge in [-0.25, -0.2) is 9.69 Å². The number of rotatable bonds is 13. The van der Waals surface area contributed by atoms with E-state index in [2.05, 4.69) is 13.0 Å². The first-order valence-electron chi connectivity index (χ1n) is 14.7. The number of imide groups is 1. The second kappa shape index (κ2) is 14.2. The molecule has 0 saturated carbocycles. The minimum atomic E-state index is -0.997. The van der Waals surface area contributed by atoms with Crippen LogP contribution in [-0.2, 0) is 31.9 Å². The van der Waals surface area contributed by atoms with E-state index in [0.29, 0.717) is 12.2 Å². The van der Waals surface area contributed by atoms with Crippen molar-refractivity contribution in [3.05, 3.63) is 83.3 Å². The van der Waals surface area contributed by atoms with Crippen LogP contribution in [0.5, 0.6) is 0 Å². The zero-order valence-corrected chi connectivity index (χ0v) is 24.6. The molecular formula is C34H41NO6. The van der Waals surface area contributed by atoms with Crippen LogP contribution >= 0.6 is 0 Å². The van der Waals surface area contributed by atoms with Crippen molar-refractivity contribution in [2.45, 2.75) is 84.8 Å². The number of aryl methyl sites for hydroxylation is 2. The van der Waals surface area contributed by atoms with E-state index in [4.69, 9.17) is 13.9 Å². The van der Waals surface area contributed by atoms with Crippen LogP contribution in [0.25, 0.3) is 11.1 Å². The number of hydrogen-bond donors (Lipinski definition) is 0. The summed E-state index contributed by atoms with van der Waals surface area (Å²) in [5.74, 6) is -0.671. The predicted molar refractivity (Wildman–Crippen MR) is 157 cm³/mol. The molecule has 0 bridgehead atoms. The molecule has 1 aromatic heterocycles. The van der Waals surface area contributed by atoms with Crippen molar-refractivity contribution in [1.82, 2.24) is 4.90 Å². The standard InChI is InChI=1S/C34H41NO6/c1-5-6-7-8-12-18-30-29(27-17-13-14-23(2)19-27)21-31(41-30)32(40-25(4)36)24(3)33(37)35-28(22-39-34(35)38)20-26-15-10-9-11-16-26/h9-11,13-17,19,21,24,28,32H,5-8,12,18,20,22H2,1-4H3/t24-,28-,32-/m0/s1. The molecule has 2 aromatic carbocycles. The number of unbranched alkanes of at least 4 members (excludes halogenated alkanes) is 4. The molecule has 1 aliphatic rings. The zero-order chi connectivity index (χ0) is 29.4. The summed E-state index contributed by atoms with van der Waals surface area (Å²) in [6.07, 6.45) is 5.14. The largest absolute Gasteiger partial charge is 0.461 e. The van der Waals surface area contributed by atoms with Gasteiger partial charge in [-0.2, -0.15) is 0 Å². The van der Waals surface area contributed by atoms with Gasteiger partial charge in [0, 0.05) is 18.9 Å². The average Bonchev–Trinajstić information content (AvgIpc) is 3.54. The molecule has 3 aromatic rings. The monoisotopic (exact) mass is 559 g/mol. The molecule has 41 heavy (non-hydrogen) atoms. The van der Waals surface area contributed by atoms with Gasteiger partial charge in [0.15, 0.2) is 6.10 Å². The molecule has 0 spiro atoms. The Morgan fingerprint density at radius 3 is 2.49 bits per heavy atom. The van der Waals surface area contributed by atoms with Crippen LogP contribution in [0, 0.1) is 12.8 Å². The lowest BCUT2D eigenvalue weighted by molar-refractivity contribution is -0.154. The van der Waals surface area contributed by atoms with Crippen molar-refractivity contribution in [2.24, 2.45) is 5.92 Å². The van der Waals surface area contributed by atoms with Crippen LogP contribution in [0.3, 0.4) is 0 Å². The Bertz CT molecular complexity index is 1330. The number of furan rings is 1. The molecule has 1 saturated heterocycles. The molecule has 0 unspecified atom stereocenters. The molecule has 4 rings (SSSR count). The summed E-state index contributed by atoms with van der Waals surface area (Å²) in [5.41, 5.74) is 4.06. The minimum Gasteiger partial charge on any atom is -0.461 e. The Morgan fingerprint density at radius 2 is 1.78 bits per heavy atom. The van der Waals surface area contributed by atoms with Gasteiger partial charge in [0.25, 0.3) is 0 Å². The first kappa shape index (κ1) is 30.1. The maximum Gasteiger partial charge on any atom is 0.416 e. The third kappa shape index (κ3) is 7.66. The Kier molecular flexibility index (Phi) is 10.4. The highest BCUT2D eigenvalue weighted by molar-refractivity contribution is 5.95. The van der Waals surface area contributed by atoms with Gasteiger partial charge in [0.1, 0.15) is 18.1 Å². The molecular weight excluding hydrogens is 518 g/mol. The summed E-state index contributed by atoms with van der Waals surface area (Å²) in [4.78, 5) is 40.0. The van der Waals surface area contributed by atoms with Crippen LogP contribution in [0.2, 0.25) is 0 Å². The number of benzene rings is 2. The maximum atomic E-state index is 13.8. The number of carbonyl (C=O) groups excluding carboxylic acids is 3. The lowest BCUT2D eigenvalue weighted by Crippen LogP contribution is -2.44. The van der Waals surface area contributed by atoms with Gasteiger partial charge in [0.2, 0.25) is 5.91 Å². The van der Waals surface area contributed by atoms with Crippen molar-refractivity contribution >= 4 is 18.0 Å². The fraction of sp³-hybridized carbons (Fsp3) is 0.441. The van der Waals surface area contributed by atoms with E-state index in [1.165, 1.54) is 31.1 Å². The third-order valence-corrected chi connectivity index (χ3v) is 7.59. The summed E-state index contributed by atoms with van der Waals surface area (Å²) < 4.78 is 17.4. The number of cyclic esters (lactones) is 1. The molecule has 0 radical (unpaired) electrons. The lowest BCUT2D eigenvalue weighted by Gasteiger charge is -2.27. The summed E-state index contributed by atoms with van der Waals surface area (Å²) in [5, 5.41) is 0. The molecule has 1 aliphatic heterocycles. The van der Waals surface area contributed by atoms with Gasteiger partial charge in [-0.3, -0.25) is 9.59 Å². The van der Waals surface area contributed by atoms with E-state index >= 15 is 0 Å². The summed E-state index contributed by atoms with van der Waals surface area (Å²) >= 11 is 0. The van der Waals surface area contributed by atoms with Crippen molar-refractivity contribution in [2.75, 3.05) is 6.61 Å². The second-order valence-corrected chi connectivity index (χ2v) is 11.0. The van der Waals surface area contributed by atoms with Gasteiger partial charge in [-0.05, 0) is 43.9 Å². The number of carbonyl (C=O) groups is 3. The normalized spacial score (nSPS) is 16.3. The highest BCUT2D eigenvalue weighted by Gasteiger charge is 2.43. The van der Waals surface area contributed by atoms with E-state index in [1.54, 1.807) is 6.92 Å². The summed E-state index contributed by atoms with van der Waals surface area (Å²) in [6, 6.07) is 19.3. The zero-order valence-electron chi connectivity index (χ0n) is 24.6. The Morgan fingerprint density at radius 1 is 1.02 bits per heavy atom. The number of ether oxygens (including phenoxy) is 2. The van der Waals surface area contributed by atoms with E-state index in [0.717, 1.165) is 47.3 Å². The molecule has 0 aliphatic carbocycles. The first-order valence-corrected chi connectivity index (χ1v) is 14.7. The van der Waals surface area contributed by atoms with Gasteiger partial charge in [0.05, 0.1) is 12.0 Å². The highest BCUT2D eigenvalue weighted by atomic mass is 16.6. The Balaban J connectivity index is 1.63. The van der Waals surface area contributed by atoms with E-state index in [1.807, 2.05) is 61.5 Å². The smallest absolute Gasteiger partial charge is 0.416 e. The van der Waals surface area contributed by atoms with Crippen LogP contribution < -0.4 is 0 Å². The Hall–Kier alpha value is -3.87. The number of amides is 2. The van der Waals surface area contributed by atoms with Crippen molar-refractivity contribution in [3.8, 4) is 11.1 Å². The Labute approximate surface area is 242 Å². The van der Waals surface area contributed by atoms with Crippen molar-refractivity contribution in [1.29, 1.82) is 0 Å². The number of nitrogens with zero attached hydrogens (tertiary/aromatic N) is 1. The predicted octanol–water partition coefficient (Wildman–Crippen LogP) is 7.60. The van der Waals surface area contributed by atoms with Crippen molar-refractivity contribution < 1.29 is 28.3 Å². The molecule has 1 fully saturated rings. The SMILES string of the molecule is CCCCCCCc1oc([C@@H](OC(C)=O)[C@H](C)C(=O)N2C(=O)OC[C@@H]2Cc2ccccc2)cc1-c1cccc(C)c1. The molecule has 2 amide bonds. The van der Waals surface area contributed by atoms with Crippen molar-refractivity contribution in [3.63, 3.8) is 0 Å². The first-order chi connectivity index (χ1) is 19.8. The minimum absolute atomic E-state index is 0.116. The summed E-state index contributed by atoms with van der Waals surface area (Å²) in [7, 11) is 0. The van der Waals surface area contributed by atoms with Crippen LogP contribution in [0.1, 0.15) is 81.6 Å². The lowest BCUT2D eigenvalue weighted by atomic mass is 9.97. The molecule has 7 nitrogen and oxygen atoms in total. The molecule has 3 atom stereocenters. The maximum absolute atomic E-state index is 13.8. The molecule has 7 heteroatoms. The summed E-state index contributed by atoms with van der Waals surface area (Å²) in [6.45, 7) is 7.33. The fourth-order valence-corrected chi connectivity index (χ4v) is 5.42. The van der Waals surface area contributed by atoms with Gasteiger partial charge in [-0.15, -0.1) is 0 Å². The third-order valence-electron chi connectivity index (χ3n) is 7.59. The van der Waals surface area contributed by atoms with Gasteiger partial charge in [-0.1, -0.05) is 92.8 Å². The molecule has 0 N–H and O–H groups in total. The van der Waals surface area contributed by atoms with Gasteiger partial charge >= 0.3 is 12.1 Å². The number of hydrogen-bond acceptors (Lipinski definition) is 6. The highest BCUT2D eigenvalue weighted by Crippen LogP contribution is 2.37. The fourth-order valence-electron chi connectivity index (χ4n) is 5.42. The van der Waals surface area contributed by atoms with E-state index in [9.17, 15) is 14.4 Å². The molecule has 218 valence electrons. The van der Waals surface area contributed by atoms with Crippen LogP contribution in [0.4, 0.5) is 4.79 Å². The quantitative estimate of drug-likeness (QED) is 0.158. The topological polar surface area (TPSA) is 86.0 Å². The second-order valence-electron chi connectivity index (χ2n) is 11.0. The van der Waals surface area contributed by atoms with E-state index in [-0.39, 0.29) is 6.61 Å². The van der Waals surface area contributed by atoms with Crippen LogP contribution in [-0.4, -0.2) is 35.5 Å². The average molecular weight is 560 g/mol. The van der Waals surface area contributed by atoms with Crippen LogP contribution in [0.15, 0.2) is 65.1 Å². The van der Waals surface area contributed by atoms with E-state index < -0.39 is 36.0 Å². The molecule has 2 heterocycles.